The van der Waals surface area contributed by atoms with E-state index in [1.807, 2.05) is 12.3 Å². The Morgan fingerprint density at radius 1 is 1.19 bits per heavy atom. The minimum atomic E-state index is 0.228. The number of aromatic nitrogens is 1. The highest BCUT2D eigenvalue weighted by Crippen LogP contribution is 2.29. The molecule has 0 radical (unpaired) electrons. The zero-order valence-corrected chi connectivity index (χ0v) is 10.3. The Bertz CT molecular complexity index is 486. The van der Waals surface area contributed by atoms with E-state index < -0.39 is 0 Å². The average Bonchev–Trinajstić information content (AvgIpc) is 2.28. The Morgan fingerprint density at radius 2 is 1.94 bits per heavy atom. The van der Waals surface area contributed by atoms with E-state index in [4.69, 9.17) is 0 Å². The highest BCUT2D eigenvalue weighted by Gasteiger charge is 2.19. The summed E-state index contributed by atoms with van der Waals surface area (Å²) in [5.74, 6) is 0. The molecule has 0 spiro atoms. The molecule has 84 valence electrons. The van der Waals surface area contributed by atoms with Crippen molar-refractivity contribution < 1.29 is 0 Å². The van der Waals surface area contributed by atoms with Crippen molar-refractivity contribution in [3.63, 3.8) is 0 Å². The summed E-state index contributed by atoms with van der Waals surface area (Å²) < 4.78 is 0. The highest BCUT2D eigenvalue weighted by atomic mass is 14.7. The first kappa shape index (κ1) is 11.1. The molecule has 16 heavy (non-hydrogen) atoms. The normalized spacial score (nSPS) is 11.9. The van der Waals surface area contributed by atoms with Crippen LogP contribution in [0.3, 0.4) is 0 Å². The minimum absolute atomic E-state index is 0.228. The molecule has 0 N–H and O–H groups in total. The molecule has 0 amide bonds. The van der Waals surface area contributed by atoms with Gasteiger partial charge >= 0.3 is 0 Å². The molecule has 2 rings (SSSR count). The van der Waals surface area contributed by atoms with Gasteiger partial charge in [-0.15, -0.1) is 0 Å². The second kappa shape index (κ2) is 4.25. The number of fused-ring (bicyclic) bond motifs is 1. The van der Waals surface area contributed by atoms with E-state index in [9.17, 15) is 0 Å². The molecular formula is C15H19N. The van der Waals surface area contributed by atoms with Gasteiger partial charge < -0.3 is 0 Å². The minimum Gasteiger partial charge on any atom is -0.256 e. The molecule has 0 aliphatic carbocycles. The first-order valence-electron chi connectivity index (χ1n) is 5.99. The van der Waals surface area contributed by atoms with E-state index in [0.29, 0.717) is 0 Å². The third-order valence-corrected chi connectivity index (χ3v) is 3.25. The van der Waals surface area contributed by atoms with Crippen LogP contribution in [0.15, 0.2) is 36.5 Å². The quantitative estimate of drug-likeness (QED) is 0.740. The fraction of sp³-hybridized carbons (Fsp3) is 0.400. The molecule has 1 aromatic carbocycles. The van der Waals surface area contributed by atoms with Crippen molar-refractivity contribution in [2.75, 3.05) is 0 Å². The maximum Gasteiger partial charge on any atom is 0.0702 e. The molecule has 1 aromatic heterocycles. The summed E-state index contributed by atoms with van der Waals surface area (Å²) in [5.41, 5.74) is 2.65. The van der Waals surface area contributed by atoms with Crippen molar-refractivity contribution in [1.82, 2.24) is 4.98 Å². The van der Waals surface area contributed by atoms with Gasteiger partial charge in [0.25, 0.3) is 0 Å². The maximum absolute atomic E-state index is 4.53. The zero-order valence-electron chi connectivity index (χ0n) is 10.3. The first-order valence-corrected chi connectivity index (χ1v) is 5.99. The van der Waals surface area contributed by atoms with Crippen molar-refractivity contribution in [3.8, 4) is 0 Å². The molecule has 0 saturated carbocycles. The van der Waals surface area contributed by atoms with Crippen LogP contribution in [0.2, 0.25) is 0 Å². The first-order chi connectivity index (χ1) is 7.63. The molecule has 0 aliphatic rings. The molecule has 0 atom stereocenters. The third kappa shape index (κ3) is 2.08. The smallest absolute Gasteiger partial charge is 0.0702 e. The van der Waals surface area contributed by atoms with Gasteiger partial charge in [-0.3, -0.25) is 4.98 Å². The molecule has 0 unspecified atom stereocenters. The summed E-state index contributed by atoms with van der Waals surface area (Å²) in [6.45, 7) is 6.82. The van der Waals surface area contributed by atoms with Crippen LogP contribution in [0.1, 0.15) is 39.2 Å². The molecule has 0 fully saturated rings. The molecular weight excluding hydrogens is 194 g/mol. The summed E-state index contributed by atoms with van der Waals surface area (Å²) in [5, 5.41) is 1.24. The number of rotatable bonds is 3. The Labute approximate surface area is 97.5 Å². The number of pyridine rings is 1. The molecule has 2 aromatic rings. The number of para-hydroxylation sites is 1. The predicted molar refractivity (Wildman–Crippen MR) is 69.7 cm³/mol. The fourth-order valence-corrected chi connectivity index (χ4v) is 2.21. The molecule has 1 heterocycles. The van der Waals surface area contributed by atoms with Gasteiger partial charge in [0.15, 0.2) is 0 Å². The van der Waals surface area contributed by atoms with Gasteiger partial charge in [-0.2, -0.15) is 0 Å². The molecule has 0 bridgehead atoms. The van der Waals surface area contributed by atoms with Crippen molar-refractivity contribution in [3.05, 3.63) is 42.1 Å². The number of benzene rings is 1. The van der Waals surface area contributed by atoms with Crippen molar-refractivity contribution >= 4 is 10.9 Å². The van der Waals surface area contributed by atoms with E-state index in [1.165, 1.54) is 23.8 Å². The number of nitrogens with zero attached hydrogens (tertiary/aromatic N) is 1. The van der Waals surface area contributed by atoms with Gasteiger partial charge in [-0.1, -0.05) is 45.4 Å². The van der Waals surface area contributed by atoms with Crippen LogP contribution < -0.4 is 0 Å². The van der Waals surface area contributed by atoms with Crippen LogP contribution in [0.25, 0.3) is 10.9 Å². The lowest BCUT2D eigenvalue weighted by Crippen LogP contribution is -2.16. The van der Waals surface area contributed by atoms with Gasteiger partial charge in [0, 0.05) is 11.6 Å². The Balaban J connectivity index is 2.46. The summed E-state index contributed by atoms with van der Waals surface area (Å²) in [6, 6.07) is 10.6. The second-order valence-corrected chi connectivity index (χ2v) is 5.05. The number of hydrogen-bond acceptors (Lipinski definition) is 1. The van der Waals surface area contributed by atoms with E-state index in [-0.39, 0.29) is 5.41 Å². The van der Waals surface area contributed by atoms with Crippen molar-refractivity contribution in [1.29, 1.82) is 0 Å². The Morgan fingerprint density at radius 3 is 2.69 bits per heavy atom. The summed E-state index contributed by atoms with van der Waals surface area (Å²) in [6.07, 6.45) is 4.44. The average molecular weight is 213 g/mol. The lowest BCUT2D eigenvalue weighted by molar-refractivity contribution is 0.472. The van der Waals surface area contributed by atoms with Crippen LogP contribution in [-0.4, -0.2) is 4.98 Å². The van der Waals surface area contributed by atoms with Crippen molar-refractivity contribution in [2.24, 2.45) is 0 Å². The van der Waals surface area contributed by atoms with Crippen LogP contribution in [0.5, 0.6) is 0 Å². The Kier molecular flexibility index (Phi) is 2.95. The monoisotopic (exact) mass is 213 g/mol. The zero-order chi connectivity index (χ0) is 11.6. The van der Waals surface area contributed by atoms with E-state index in [0.717, 1.165) is 5.52 Å². The van der Waals surface area contributed by atoms with Gasteiger partial charge in [0.2, 0.25) is 0 Å². The van der Waals surface area contributed by atoms with Gasteiger partial charge in [0.05, 0.1) is 5.52 Å². The second-order valence-electron chi connectivity index (χ2n) is 5.05. The van der Waals surface area contributed by atoms with Gasteiger partial charge in [0.1, 0.15) is 0 Å². The van der Waals surface area contributed by atoms with E-state index in [2.05, 4.69) is 50.0 Å². The van der Waals surface area contributed by atoms with Crippen LogP contribution >= 0.6 is 0 Å². The van der Waals surface area contributed by atoms with Crippen LogP contribution in [-0.2, 0) is 5.41 Å². The predicted octanol–water partition coefficient (Wildman–Crippen LogP) is 4.31. The summed E-state index contributed by atoms with van der Waals surface area (Å²) in [4.78, 5) is 4.53. The van der Waals surface area contributed by atoms with Gasteiger partial charge in [-0.25, -0.2) is 0 Å². The van der Waals surface area contributed by atoms with E-state index in [1.54, 1.807) is 0 Å². The largest absolute Gasteiger partial charge is 0.256 e. The Hall–Kier alpha value is -1.37. The highest BCUT2D eigenvalue weighted by molar-refractivity contribution is 5.78. The maximum atomic E-state index is 4.53. The SMILES string of the molecule is CCCC(C)(C)c1cnc2ccccc2c1. The standard InChI is InChI=1S/C15H19N/c1-4-9-15(2,3)13-10-12-7-5-6-8-14(12)16-11-13/h5-8,10-11H,4,9H2,1-3H3. The third-order valence-electron chi connectivity index (χ3n) is 3.25. The van der Waals surface area contributed by atoms with Crippen LogP contribution in [0.4, 0.5) is 0 Å². The van der Waals surface area contributed by atoms with Gasteiger partial charge in [-0.05, 0) is 29.5 Å². The fourth-order valence-electron chi connectivity index (χ4n) is 2.21. The lowest BCUT2D eigenvalue weighted by Gasteiger charge is -2.24. The summed E-state index contributed by atoms with van der Waals surface area (Å²) >= 11 is 0. The topological polar surface area (TPSA) is 12.9 Å². The molecule has 0 saturated heterocycles. The molecule has 1 nitrogen and oxygen atoms in total. The van der Waals surface area contributed by atoms with Crippen LogP contribution in [0, 0.1) is 0 Å². The molecule has 0 aliphatic heterocycles. The van der Waals surface area contributed by atoms with Crippen molar-refractivity contribution in [2.45, 2.75) is 39.0 Å². The van der Waals surface area contributed by atoms with E-state index >= 15 is 0 Å². The number of hydrogen-bond donors (Lipinski definition) is 0. The lowest BCUT2D eigenvalue weighted by atomic mass is 9.81. The molecule has 1 heteroatoms. The summed E-state index contributed by atoms with van der Waals surface area (Å²) in [7, 11) is 0.